The van der Waals surface area contributed by atoms with E-state index in [1.165, 1.54) is 23.9 Å². The van der Waals surface area contributed by atoms with Gasteiger partial charge in [-0.2, -0.15) is 0 Å². The Kier molecular flexibility index (Phi) is 6.13. The smallest absolute Gasteiger partial charge is 0.277 e. The van der Waals surface area contributed by atoms with Crippen molar-refractivity contribution in [2.24, 2.45) is 0 Å². The first kappa shape index (κ1) is 19.4. The molecule has 27 heavy (non-hydrogen) atoms. The Hall–Kier alpha value is -2.38. The third kappa shape index (κ3) is 5.08. The van der Waals surface area contributed by atoms with E-state index < -0.39 is 5.25 Å². The maximum Gasteiger partial charge on any atom is 0.277 e. The molecule has 2 atom stereocenters. The Labute approximate surface area is 165 Å². The monoisotopic (exact) mass is 405 g/mol. The van der Waals surface area contributed by atoms with Crippen molar-refractivity contribution in [3.63, 3.8) is 0 Å². The van der Waals surface area contributed by atoms with Crippen LogP contribution in [0.2, 0.25) is 5.02 Å². The molecular weight excluding hydrogens is 389 g/mol. The average Bonchev–Trinajstić information content (AvgIpc) is 3.10. The zero-order valence-electron chi connectivity index (χ0n) is 14.6. The van der Waals surface area contributed by atoms with Crippen molar-refractivity contribution in [2.75, 3.05) is 0 Å². The molecule has 0 fully saturated rings. The normalized spacial score (nSPS) is 13.2. The second-order valence-corrected chi connectivity index (χ2v) is 7.65. The Bertz CT molecular complexity index is 933. The molecule has 0 saturated carbocycles. The van der Waals surface area contributed by atoms with Crippen LogP contribution in [-0.4, -0.2) is 21.4 Å². The third-order valence-electron chi connectivity index (χ3n) is 3.85. The molecule has 1 amide bonds. The number of thioether (sulfide) groups is 1. The van der Waals surface area contributed by atoms with Crippen LogP contribution in [0.25, 0.3) is 11.5 Å². The van der Waals surface area contributed by atoms with Crippen LogP contribution < -0.4 is 5.32 Å². The molecular formula is C19H17ClFN3O2S. The van der Waals surface area contributed by atoms with E-state index in [0.29, 0.717) is 21.7 Å². The molecule has 2 aromatic carbocycles. The highest BCUT2D eigenvalue weighted by molar-refractivity contribution is 8.00. The summed E-state index contributed by atoms with van der Waals surface area (Å²) in [4.78, 5) is 12.4. The van der Waals surface area contributed by atoms with Gasteiger partial charge in [-0.25, -0.2) is 4.39 Å². The summed E-state index contributed by atoms with van der Waals surface area (Å²) in [5, 5.41) is 11.3. The van der Waals surface area contributed by atoms with Gasteiger partial charge in [-0.05, 0) is 49.7 Å². The van der Waals surface area contributed by atoms with Gasteiger partial charge < -0.3 is 9.73 Å². The molecule has 8 heteroatoms. The topological polar surface area (TPSA) is 68.0 Å². The van der Waals surface area contributed by atoms with E-state index in [1.54, 1.807) is 37.3 Å². The van der Waals surface area contributed by atoms with Crippen molar-refractivity contribution in [1.82, 2.24) is 15.5 Å². The highest BCUT2D eigenvalue weighted by Gasteiger charge is 2.20. The summed E-state index contributed by atoms with van der Waals surface area (Å²) in [6.45, 7) is 3.59. The fourth-order valence-corrected chi connectivity index (χ4v) is 3.25. The van der Waals surface area contributed by atoms with Gasteiger partial charge in [0.1, 0.15) is 5.82 Å². The van der Waals surface area contributed by atoms with Crippen LogP contribution in [0.4, 0.5) is 4.39 Å². The molecule has 0 aliphatic carbocycles. The largest absolute Gasteiger partial charge is 0.411 e. The fourth-order valence-electron chi connectivity index (χ4n) is 2.37. The molecule has 1 N–H and O–H groups in total. The van der Waals surface area contributed by atoms with Crippen LogP contribution in [0.1, 0.15) is 25.5 Å². The maximum absolute atomic E-state index is 13.0. The zero-order valence-corrected chi connectivity index (χ0v) is 16.2. The van der Waals surface area contributed by atoms with Gasteiger partial charge >= 0.3 is 0 Å². The number of hydrogen-bond donors (Lipinski definition) is 1. The zero-order chi connectivity index (χ0) is 19.4. The lowest BCUT2D eigenvalue weighted by Crippen LogP contribution is -2.33. The minimum atomic E-state index is -0.444. The van der Waals surface area contributed by atoms with Crippen molar-refractivity contribution in [1.29, 1.82) is 0 Å². The SMILES string of the molecule is C[C@H](Sc1nnc(-c2cccc(Cl)c2)o1)C(=O)N[C@H](C)c1ccc(F)cc1. The van der Waals surface area contributed by atoms with Gasteiger partial charge in [-0.3, -0.25) is 4.79 Å². The molecule has 1 heterocycles. The lowest BCUT2D eigenvalue weighted by Gasteiger charge is -2.16. The highest BCUT2D eigenvalue weighted by atomic mass is 35.5. The van der Waals surface area contributed by atoms with Crippen LogP contribution in [0.5, 0.6) is 0 Å². The summed E-state index contributed by atoms with van der Waals surface area (Å²) < 4.78 is 18.6. The number of carbonyl (C=O) groups excluding carboxylic acids is 1. The Morgan fingerprint density at radius 3 is 2.63 bits per heavy atom. The molecule has 0 spiro atoms. The lowest BCUT2D eigenvalue weighted by atomic mass is 10.1. The van der Waals surface area contributed by atoms with Crippen LogP contribution in [0, 0.1) is 5.82 Å². The minimum Gasteiger partial charge on any atom is -0.411 e. The van der Waals surface area contributed by atoms with Crippen molar-refractivity contribution >= 4 is 29.3 Å². The van der Waals surface area contributed by atoms with Gasteiger partial charge in [0.2, 0.25) is 11.8 Å². The number of rotatable bonds is 6. The van der Waals surface area contributed by atoms with Crippen molar-refractivity contribution in [2.45, 2.75) is 30.4 Å². The number of aromatic nitrogens is 2. The van der Waals surface area contributed by atoms with Crippen molar-refractivity contribution < 1.29 is 13.6 Å². The lowest BCUT2D eigenvalue weighted by molar-refractivity contribution is -0.120. The Morgan fingerprint density at radius 2 is 1.93 bits per heavy atom. The summed E-state index contributed by atoms with van der Waals surface area (Å²) in [6.07, 6.45) is 0. The number of amides is 1. The summed E-state index contributed by atoms with van der Waals surface area (Å²) in [5.41, 5.74) is 1.53. The summed E-state index contributed by atoms with van der Waals surface area (Å²) >= 11 is 7.13. The van der Waals surface area contributed by atoms with Gasteiger partial charge in [0, 0.05) is 10.6 Å². The van der Waals surface area contributed by atoms with Crippen LogP contribution in [0.15, 0.2) is 58.2 Å². The molecule has 1 aromatic heterocycles. The summed E-state index contributed by atoms with van der Waals surface area (Å²) in [6, 6.07) is 12.9. The molecule has 140 valence electrons. The van der Waals surface area contributed by atoms with Gasteiger partial charge in [0.05, 0.1) is 11.3 Å². The predicted octanol–water partition coefficient (Wildman–Crippen LogP) is 4.89. The number of halogens is 2. The molecule has 0 bridgehead atoms. The van der Waals surface area contributed by atoms with Crippen LogP contribution >= 0.6 is 23.4 Å². The molecule has 0 saturated heterocycles. The molecule has 3 aromatic rings. The van der Waals surface area contributed by atoms with Gasteiger partial charge in [-0.15, -0.1) is 10.2 Å². The van der Waals surface area contributed by atoms with E-state index in [9.17, 15) is 9.18 Å². The highest BCUT2D eigenvalue weighted by Crippen LogP contribution is 2.27. The second-order valence-electron chi connectivity index (χ2n) is 5.93. The number of hydrogen-bond acceptors (Lipinski definition) is 5. The summed E-state index contributed by atoms with van der Waals surface area (Å²) in [5.74, 6) is -0.153. The molecule has 0 unspecified atom stereocenters. The molecule has 0 radical (unpaired) electrons. The Morgan fingerprint density at radius 1 is 1.19 bits per heavy atom. The van der Waals surface area contributed by atoms with Crippen LogP contribution in [0.3, 0.4) is 0 Å². The first-order valence-electron chi connectivity index (χ1n) is 8.24. The molecule has 0 aliphatic heterocycles. The van der Waals surface area contributed by atoms with E-state index >= 15 is 0 Å². The van der Waals surface area contributed by atoms with Crippen LogP contribution in [-0.2, 0) is 4.79 Å². The number of nitrogens with zero attached hydrogens (tertiary/aromatic N) is 2. The quantitative estimate of drug-likeness (QED) is 0.591. The Balaban J connectivity index is 1.60. The van der Waals surface area contributed by atoms with E-state index in [1.807, 2.05) is 13.0 Å². The number of benzene rings is 2. The van der Waals surface area contributed by atoms with E-state index in [4.69, 9.17) is 16.0 Å². The molecule has 5 nitrogen and oxygen atoms in total. The second kappa shape index (κ2) is 8.54. The van der Waals surface area contributed by atoms with E-state index in [2.05, 4.69) is 15.5 Å². The summed E-state index contributed by atoms with van der Waals surface area (Å²) in [7, 11) is 0. The van der Waals surface area contributed by atoms with Crippen molar-refractivity contribution in [3.05, 3.63) is 64.9 Å². The first-order valence-corrected chi connectivity index (χ1v) is 9.50. The average molecular weight is 406 g/mol. The molecule has 3 rings (SSSR count). The van der Waals surface area contributed by atoms with Gasteiger partial charge in [-0.1, -0.05) is 41.6 Å². The standard InChI is InChI=1S/C19H17ClFN3O2S/c1-11(13-6-8-16(21)9-7-13)22-17(25)12(2)27-19-24-23-18(26-19)14-4-3-5-15(20)10-14/h3-12H,1-2H3,(H,22,25)/t11-,12+/m1/s1. The van der Waals surface area contributed by atoms with Gasteiger partial charge in [0.15, 0.2) is 0 Å². The minimum absolute atomic E-state index is 0.181. The number of nitrogens with one attached hydrogen (secondary N) is 1. The molecule has 0 aliphatic rings. The third-order valence-corrected chi connectivity index (χ3v) is 5.02. The van der Waals surface area contributed by atoms with E-state index in [0.717, 1.165) is 5.56 Å². The van der Waals surface area contributed by atoms with Gasteiger partial charge in [0.25, 0.3) is 5.22 Å². The number of carbonyl (C=O) groups is 1. The predicted molar refractivity (Wildman–Crippen MR) is 103 cm³/mol. The first-order chi connectivity index (χ1) is 12.9. The maximum atomic E-state index is 13.0. The van der Waals surface area contributed by atoms with Crippen molar-refractivity contribution in [3.8, 4) is 11.5 Å². The fraction of sp³-hybridized carbons (Fsp3) is 0.211. The van der Waals surface area contributed by atoms with E-state index in [-0.39, 0.29) is 17.8 Å².